The quantitative estimate of drug-likeness (QED) is 0.437. The second kappa shape index (κ2) is 13.0. The van der Waals surface area contributed by atoms with Gasteiger partial charge in [0.1, 0.15) is 0 Å². The Hall–Kier alpha value is -2.66. The van der Waals surface area contributed by atoms with E-state index in [2.05, 4.69) is 17.0 Å². The summed E-state index contributed by atoms with van der Waals surface area (Å²) in [6, 6.07) is 20.5. The fourth-order valence-electron chi connectivity index (χ4n) is 6.36. The van der Waals surface area contributed by atoms with Gasteiger partial charge in [0, 0.05) is 23.9 Å². The molecule has 4 rings (SSSR count). The van der Waals surface area contributed by atoms with Gasteiger partial charge in [0.2, 0.25) is 11.8 Å². The van der Waals surface area contributed by atoms with Crippen molar-refractivity contribution >= 4 is 11.8 Å². The zero-order valence-electron chi connectivity index (χ0n) is 21.4. The minimum absolute atomic E-state index is 0.190. The molecule has 2 amide bonds. The molecule has 0 saturated heterocycles. The van der Waals surface area contributed by atoms with Gasteiger partial charge in [-0.05, 0) is 62.5 Å². The van der Waals surface area contributed by atoms with Gasteiger partial charge in [-0.15, -0.1) is 0 Å². The highest BCUT2D eigenvalue weighted by Gasteiger charge is 2.38. The number of amides is 2. The number of benzene rings is 2. The average Bonchev–Trinajstić information content (AvgIpc) is 3.60. The van der Waals surface area contributed by atoms with Crippen LogP contribution in [0, 0.1) is 11.8 Å². The van der Waals surface area contributed by atoms with Gasteiger partial charge in [-0.3, -0.25) is 9.59 Å². The summed E-state index contributed by atoms with van der Waals surface area (Å²) >= 11 is 0. The van der Waals surface area contributed by atoms with Gasteiger partial charge >= 0.3 is 0 Å². The van der Waals surface area contributed by atoms with Gasteiger partial charge in [0.15, 0.2) is 0 Å². The third-order valence-electron chi connectivity index (χ3n) is 8.21. The van der Waals surface area contributed by atoms with Crippen molar-refractivity contribution in [2.75, 3.05) is 0 Å². The van der Waals surface area contributed by atoms with Gasteiger partial charge in [0.05, 0.1) is 6.10 Å². The van der Waals surface area contributed by atoms with E-state index in [-0.39, 0.29) is 18.2 Å². The molecule has 36 heavy (non-hydrogen) atoms. The van der Waals surface area contributed by atoms with E-state index in [0.717, 1.165) is 36.8 Å². The number of aliphatic hydroxyl groups excluding tert-OH is 1. The summed E-state index contributed by atoms with van der Waals surface area (Å²) in [5.74, 6) is -0.984. The molecule has 5 nitrogen and oxygen atoms in total. The van der Waals surface area contributed by atoms with Crippen LogP contribution in [0.25, 0.3) is 0 Å². The second-order valence-corrected chi connectivity index (χ2v) is 10.9. The topological polar surface area (TPSA) is 83.6 Å². The Kier molecular flexibility index (Phi) is 9.57. The molecule has 0 aliphatic heterocycles. The highest BCUT2D eigenvalue weighted by molar-refractivity contribution is 5.80. The molecule has 2 saturated carbocycles. The molecule has 2 aliphatic rings. The van der Waals surface area contributed by atoms with Crippen LogP contribution in [0.15, 0.2) is 60.7 Å². The van der Waals surface area contributed by atoms with Crippen LogP contribution < -0.4 is 5.73 Å². The van der Waals surface area contributed by atoms with Crippen molar-refractivity contribution in [2.24, 2.45) is 17.6 Å². The maximum Gasteiger partial charge on any atom is 0.226 e. The highest BCUT2D eigenvalue weighted by atomic mass is 16.3. The van der Waals surface area contributed by atoms with Crippen molar-refractivity contribution in [3.05, 3.63) is 71.8 Å². The van der Waals surface area contributed by atoms with Crippen molar-refractivity contribution in [2.45, 2.75) is 95.2 Å². The minimum atomic E-state index is -0.766. The van der Waals surface area contributed by atoms with Gasteiger partial charge in [-0.2, -0.15) is 0 Å². The Balaban J connectivity index is 1.50. The molecule has 0 spiro atoms. The Morgan fingerprint density at radius 1 is 0.750 bits per heavy atom. The van der Waals surface area contributed by atoms with Crippen LogP contribution >= 0.6 is 0 Å². The van der Waals surface area contributed by atoms with E-state index in [1.54, 1.807) is 0 Å². The van der Waals surface area contributed by atoms with Crippen LogP contribution in [0.3, 0.4) is 0 Å². The predicted molar refractivity (Wildman–Crippen MR) is 143 cm³/mol. The Morgan fingerprint density at radius 3 is 1.61 bits per heavy atom. The summed E-state index contributed by atoms with van der Waals surface area (Å²) in [5.41, 5.74) is 7.87. The summed E-state index contributed by atoms with van der Waals surface area (Å²) in [5, 5.41) is 11.2. The smallest absolute Gasteiger partial charge is 0.226 e. The van der Waals surface area contributed by atoms with Gasteiger partial charge in [0.25, 0.3) is 0 Å². The zero-order chi connectivity index (χ0) is 25.3. The highest BCUT2D eigenvalue weighted by Crippen LogP contribution is 2.34. The number of hydrogen-bond donors (Lipinski definition) is 2. The van der Waals surface area contributed by atoms with E-state index in [4.69, 9.17) is 5.73 Å². The first-order valence-corrected chi connectivity index (χ1v) is 13.9. The van der Waals surface area contributed by atoms with E-state index >= 15 is 0 Å². The third-order valence-corrected chi connectivity index (χ3v) is 8.21. The number of carbonyl (C=O) groups excluding carboxylic acids is 2. The van der Waals surface area contributed by atoms with Gasteiger partial charge in [-0.25, -0.2) is 0 Å². The predicted octanol–water partition coefficient (Wildman–Crippen LogP) is 5.04. The zero-order valence-corrected chi connectivity index (χ0v) is 21.4. The maximum atomic E-state index is 14.2. The number of nitrogens with two attached hydrogens (primary N) is 1. The van der Waals surface area contributed by atoms with E-state index in [1.807, 2.05) is 48.5 Å². The lowest BCUT2D eigenvalue weighted by molar-refractivity contribution is -0.141. The van der Waals surface area contributed by atoms with Crippen LogP contribution in [0.4, 0.5) is 0 Å². The van der Waals surface area contributed by atoms with Gasteiger partial charge < -0.3 is 15.7 Å². The third kappa shape index (κ3) is 7.19. The van der Waals surface area contributed by atoms with Gasteiger partial charge in [-0.1, -0.05) is 86.3 Å². The van der Waals surface area contributed by atoms with Crippen LogP contribution in [0.5, 0.6) is 0 Å². The van der Waals surface area contributed by atoms with Crippen LogP contribution in [0.1, 0.15) is 75.3 Å². The molecule has 2 fully saturated rings. The molecule has 5 heteroatoms. The molecule has 0 heterocycles. The van der Waals surface area contributed by atoms with Crippen molar-refractivity contribution in [1.82, 2.24) is 4.90 Å². The van der Waals surface area contributed by atoms with Crippen molar-refractivity contribution < 1.29 is 14.7 Å². The number of carbonyl (C=O) groups is 2. The fourth-order valence-corrected chi connectivity index (χ4v) is 6.36. The van der Waals surface area contributed by atoms with Crippen molar-refractivity contribution in [1.29, 1.82) is 0 Å². The lowest BCUT2D eigenvalue weighted by Crippen LogP contribution is -2.49. The monoisotopic (exact) mass is 490 g/mol. The molecule has 3 N–H and O–H groups in total. The van der Waals surface area contributed by atoms with Crippen LogP contribution in [-0.2, 0) is 22.4 Å². The van der Waals surface area contributed by atoms with Crippen molar-refractivity contribution in [3.63, 3.8) is 0 Å². The first-order chi connectivity index (χ1) is 17.5. The molecule has 2 aromatic carbocycles. The van der Waals surface area contributed by atoms with E-state index in [0.29, 0.717) is 31.3 Å². The van der Waals surface area contributed by atoms with E-state index in [1.165, 1.54) is 25.7 Å². The molecular weight excluding hydrogens is 448 g/mol. The first kappa shape index (κ1) is 26.4. The summed E-state index contributed by atoms with van der Waals surface area (Å²) in [6.07, 6.45) is 10.1. The largest absolute Gasteiger partial charge is 0.393 e. The molecule has 2 aromatic rings. The number of nitrogens with zero attached hydrogens (tertiary/aromatic N) is 1. The minimum Gasteiger partial charge on any atom is -0.393 e. The van der Waals surface area contributed by atoms with Crippen molar-refractivity contribution in [3.8, 4) is 0 Å². The Morgan fingerprint density at radius 2 is 1.17 bits per heavy atom. The average molecular weight is 491 g/mol. The normalized spacial score (nSPS) is 19.1. The maximum absolute atomic E-state index is 14.2. The number of primary amides is 1. The standard InChI is InChI=1S/C31H42N2O3/c32-30(35)25(19-23-11-3-1-4-12-23)21-29(34)22-26(20-24-13-5-2-6-14-24)31(36)33(27-15-7-8-16-27)28-17-9-10-18-28/h1-6,11-14,25-29,34H,7-10,15-22H2,(H2,32,35). The van der Waals surface area contributed by atoms with Crippen LogP contribution in [0.2, 0.25) is 0 Å². The second-order valence-electron chi connectivity index (χ2n) is 10.9. The molecule has 0 aromatic heterocycles. The summed E-state index contributed by atoms with van der Waals surface area (Å²) in [4.78, 5) is 28.7. The molecular formula is C31H42N2O3. The fraction of sp³-hybridized carbons (Fsp3) is 0.548. The van der Waals surface area contributed by atoms with E-state index < -0.39 is 17.9 Å². The summed E-state index contributed by atoms with van der Waals surface area (Å²) in [7, 11) is 0. The summed E-state index contributed by atoms with van der Waals surface area (Å²) in [6.45, 7) is 0. The Bertz CT molecular complexity index is 936. The molecule has 0 bridgehead atoms. The molecule has 0 radical (unpaired) electrons. The lowest BCUT2D eigenvalue weighted by Gasteiger charge is -2.38. The first-order valence-electron chi connectivity index (χ1n) is 13.9. The van der Waals surface area contributed by atoms with E-state index in [9.17, 15) is 14.7 Å². The number of rotatable bonds is 12. The number of aliphatic hydroxyl groups is 1. The molecule has 194 valence electrons. The van der Waals surface area contributed by atoms with Crippen LogP contribution in [-0.4, -0.2) is 40.0 Å². The molecule has 2 aliphatic carbocycles. The SMILES string of the molecule is NC(=O)C(Cc1ccccc1)CC(O)CC(Cc1ccccc1)C(=O)N(C1CCCC1)C1CCCC1. The molecule has 3 unspecified atom stereocenters. The summed E-state index contributed by atoms with van der Waals surface area (Å²) < 4.78 is 0. The molecule has 3 atom stereocenters. The Labute approximate surface area is 216 Å². The lowest BCUT2D eigenvalue weighted by atomic mass is 9.86. The number of hydrogen-bond acceptors (Lipinski definition) is 3.